The second-order valence-electron chi connectivity index (χ2n) is 9.70. The van der Waals surface area contributed by atoms with E-state index in [2.05, 4.69) is 15.0 Å². The number of carboxylic acid groups (broad SMARTS) is 1. The minimum absolute atomic E-state index is 0.0617. The highest BCUT2D eigenvalue weighted by atomic mass is 35.5. The molecule has 2 saturated heterocycles. The molecule has 0 aliphatic carbocycles. The van der Waals surface area contributed by atoms with E-state index in [1.165, 1.54) is 0 Å². The standard InChI is InChI=1S/C23H29ClF3N3O5/c1-3-33-17-9-15(8-16(24)19(17)34-14-23(25,26)27)11-29-12-22(13-29)10-18(28-35-22)30-6-4-21(2,5-7-30)20(31)32/h8-9H,3-7,10-14H2,1-2H3,(H,31,32). The molecule has 35 heavy (non-hydrogen) atoms. The van der Waals surface area contributed by atoms with Crippen molar-refractivity contribution in [2.24, 2.45) is 10.6 Å². The third kappa shape index (κ3) is 5.72. The van der Waals surface area contributed by atoms with Gasteiger partial charge in [-0.25, -0.2) is 0 Å². The van der Waals surface area contributed by atoms with Crippen molar-refractivity contribution in [3.05, 3.63) is 22.7 Å². The van der Waals surface area contributed by atoms with Crippen molar-refractivity contribution >= 4 is 23.4 Å². The average molecular weight is 520 g/mol. The molecular formula is C23H29ClF3N3O5. The number of nitrogens with zero attached hydrogens (tertiary/aromatic N) is 3. The van der Waals surface area contributed by atoms with Gasteiger partial charge in [-0.1, -0.05) is 16.8 Å². The van der Waals surface area contributed by atoms with Crippen LogP contribution in [0.3, 0.4) is 0 Å². The number of amidine groups is 1. The molecule has 0 unspecified atom stereocenters. The van der Waals surface area contributed by atoms with Gasteiger partial charge in [0.25, 0.3) is 0 Å². The molecule has 0 saturated carbocycles. The van der Waals surface area contributed by atoms with Gasteiger partial charge in [-0.15, -0.1) is 0 Å². The van der Waals surface area contributed by atoms with Crippen LogP contribution in [0.2, 0.25) is 5.02 Å². The highest BCUT2D eigenvalue weighted by Crippen LogP contribution is 2.41. The maximum absolute atomic E-state index is 12.6. The number of hydrogen-bond acceptors (Lipinski definition) is 7. The number of piperidine rings is 1. The molecule has 2 fully saturated rings. The van der Waals surface area contributed by atoms with Crippen LogP contribution in [0.5, 0.6) is 11.5 Å². The Hall–Kier alpha value is -2.40. The van der Waals surface area contributed by atoms with Crippen LogP contribution in [0.4, 0.5) is 13.2 Å². The first-order valence-electron chi connectivity index (χ1n) is 11.5. The van der Waals surface area contributed by atoms with Gasteiger partial charge in [0.1, 0.15) is 5.84 Å². The second kappa shape index (κ2) is 9.57. The first kappa shape index (κ1) is 25.7. The summed E-state index contributed by atoms with van der Waals surface area (Å²) >= 11 is 6.23. The Morgan fingerprint density at radius 2 is 1.94 bits per heavy atom. The van der Waals surface area contributed by atoms with Gasteiger partial charge < -0.3 is 24.3 Å². The van der Waals surface area contributed by atoms with E-state index in [9.17, 15) is 23.1 Å². The zero-order chi connectivity index (χ0) is 25.4. The van der Waals surface area contributed by atoms with Gasteiger partial charge in [0.15, 0.2) is 23.7 Å². The molecule has 3 aliphatic rings. The van der Waals surface area contributed by atoms with Crippen molar-refractivity contribution in [2.75, 3.05) is 39.4 Å². The molecule has 8 nitrogen and oxygen atoms in total. The second-order valence-corrected chi connectivity index (χ2v) is 10.1. The van der Waals surface area contributed by atoms with Gasteiger partial charge in [-0.3, -0.25) is 9.69 Å². The molecule has 0 amide bonds. The smallest absolute Gasteiger partial charge is 0.422 e. The van der Waals surface area contributed by atoms with Gasteiger partial charge in [0, 0.05) is 32.7 Å². The fourth-order valence-electron chi connectivity index (χ4n) is 4.72. The van der Waals surface area contributed by atoms with Crippen molar-refractivity contribution < 1.29 is 37.4 Å². The zero-order valence-corrected chi connectivity index (χ0v) is 20.4. The maximum Gasteiger partial charge on any atom is 0.422 e. The number of halogens is 4. The predicted octanol–water partition coefficient (Wildman–Crippen LogP) is 4.15. The van der Waals surface area contributed by atoms with E-state index in [1.54, 1.807) is 26.0 Å². The maximum atomic E-state index is 12.6. The van der Waals surface area contributed by atoms with Crippen LogP contribution in [0.25, 0.3) is 0 Å². The number of oxime groups is 1. The summed E-state index contributed by atoms with van der Waals surface area (Å²) < 4.78 is 48.1. The quantitative estimate of drug-likeness (QED) is 0.579. The highest BCUT2D eigenvalue weighted by molar-refractivity contribution is 6.32. The first-order chi connectivity index (χ1) is 16.4. The summed E-state index contributed by atoms with van der Waals surface area (Å²) in [6, 6.07) is 3.24. The van der Waals surface area contributed by atoms with Crippen LogP contribution in [-0.4, -0.2) is 77.9 Å². The molecular weight excluding hydrogens is 491 g/mol. The van der Waals surface area contributed by atoms with Gasteiger partial charge in [-0.2, -0.15) is 13.2 Å². The Morgan fingerprint density at radius 1 is 1.26 bits per heavy atom. The van der Waals surface area contributed by atoms with Crippen LogP contribution in [0.1, 0.15) is 38.7 Å². The van der Waals surface area contributed by atoms with Gasteiger partial charge in [0.2, 0.25) is 0 Å². The number of carboxylic acids is 1. The van der Waals surface area contributed by atoms with Crippen LogP contribution in [0, 0.1) is 5.41 Å². The third-order valence-corrected chi connectivity index (χ3v) is 7.03. The summed E-state index contributed by atoms with van der Waals surface area (Å²) in [4.78, 5) is 21.5. The summed E-state index contributed by atoms with van der Waals surface area (Å²) in [7, 11) is 0. The monoisotopic (exact) mass is 519 g/mol. The number of aliphatic carboxylic acids is 1. The molecule has 3 aliphatic heterocycles. The minimum atomic E-state index is -4.48. The third-order valence-electron chi connectivity index (χ3n) is 6.75. The van der Waals surface area contributed by atoms with E-state index in [0.717, 1.165) is 11.4 Å². The summed E-state index contributed by atoms with van der Waals surface area (Å²) in [5.74, 6) is 0.147. The fraction of sp³-hybridized carbons (Fsp3) is 0.652. The van der Waals surface area contributed by atoms with Crippen LogP contribution >= 0.6 is 11.6 Å². The Balaban J connectivity index is 1.32. The highest BCUT2D eigenvalue weighted by Gasteiger charge is 2.51. The summed E-state index contributed by atoms with van der Waals surface area (Å²) in [6.45, 7) is 5.36. The van der Waals surface area contributed by atoms with Gasteiger partial charge in [-0.05, 0) is 44.4 Å². The lowest BCUT2D eigenvalue weighted by Gasteiger charge is -2.45. The molecule has 3 heterocycles. The van der Waals surface area contributed by atoms with Crippen LogP contribution in [0.15, 0.2) is 17.3 Å². The SMILES string of the molecule is CCOc1cc(CN2CC3(CC(N4CCC(C)(C(=O)O)CC4)=NO3)C2)cc(Cl)c1OCC(F)(F)F. The van der Waals surface area contributed by atoms with Crippen molar-refractivity contribution in [3.63, 3.8) is 0 Å². The zero-order valence-electron chi connectivity index (χ0n) is 19.7. The van der Waals surface area contributed by atoms with E-state index < -0.39 is 29.8 Å². The Morgan fingerprint density at radius 3 is 2.54 bits per heavy atom. The number of benzene rings is 1. The van der Waals surface area contributed by atoms with Gasteiger partial charge in [0.05, 0.1) is 23.5 Å². The van der Waals surface area contributed by atoms with Crippen LogP contribution in [-0.2, 0) is 16.2 Å². The van der Waals surface area contributed by atoms with E-state index in [-0.39, 0.29) is 23.1 Å². The van der Waals surface area contributed by atoms with E-state index in [4.69, 9.17) is 25.9 Å². The lowest BCUT2D eigenvalue weighted by molar-refractivity contribution is -0.153. The Kier molecular flexibility index (Phi) is 7.02. The number of hydrogen-bond donors (Lipinski definition) is 1. The number of rotatable bonds is 7. The number of carbonyl (C=O) groups is 1. The normalized spacial score (nSPS) is 21.3. The molecule has 0 atom stereocenters. The molecule has 12 heteroatoms. The molecule has 194 valence electrons. The van der Waals surface area contributed by atoms with Crippen LogP contribution < -0.4 is 9.47 Å². The molecule has 1 aromatic carbocycles. The van der Waals surface area contributed by atoms with E-state index in [1.807, 2.05) is 0 Å². The van der Waals surface area contributed by atoms with E-state index in [0.29, 0.717) is 52.0 Å². The predicted molar refractivity (Wildman–Crippen MR) is 122 cm³/mol. The molecule has 0 bridgehead atoms. The lowest BCUT2D eigenvalue weighted by Crippen LogP contribution is -2.61. The van der Waals surface area contributed by atoms with Crippen molar-refractivity contribution in [1.29, 1.82) is 0 Å². The molecule has 1 aromatic rings. The Labute approximate surface area is 206 Å². The topological polar surface area (TPSA) is 83.8 Å². The van der Waals surface area contributed by atoms with Crippen molar-refractivity contribution in [1.82, 2.24) is 9.80 Å². The van der Waals surface area contributed by atoms with E-state index >= 15 is 0 Å². The molecule has 0 aromatic heterocycles. The molecule has 1 N–H and O–H groups in total. The number of alkyl halides is 3. The summed E-state index contributed by atoms with van der Waals surface area (Å²) in [6.07, 6.45) is -2.70. The lowest BCUT2D eigenvalue weighted by atomic mass is 9.80. The van der Waals surface area contributed by atoms with Crippen molar-refractivity contribution in [3.8, 4) is 11.5 Å². The first-order valence-corrected chi connectivity index (χ1v) is 11.9. The number of likely N-dealkylation sites (tertiary alicyclic amines) is 2. The van der Waals surface area contributed by atoms with Crippen molar-refractivity contribution in [2.45, 2.75) is 51.4 Å². The fourth-order valence-corrected chi connectivity index (χ4v) is 5.01. The minimum Gasteiger partial charge on any atom is -0.490 e. The summed E-state index contributed by atoms with van der Waals surface area (Å²) in [5, 5.41) is 13.8. The largest absolute Gasteiger partial charge is 0.490 e. The van der Waals surface area contributed by atoms with Gasteiger partial charge >= 0.3 is 12.1 Å². The molecule has 1 spiro atoms. The Bertz CT molecular complexity index is 989. The number of ether oxygens (including phenoxy) is 2. The average Bonchev–Trinajstić information content (AvgIpc) is 3.18. The molecule has 0 radical (unpaired) electrons. The summed E-state index contributed by atoms with van der Waals surface area (Å²) in [5.41, 5.74) is -0.322. The molecule has 4 rings (SSSR count).